The largest absolute Gasteiger partial charge is 0.309 e. The molecule has 64 heavy (non-hydrogen) atoms. The predicted molar refractivity (Wildman–Crippen MR) is 281 cm³/mol. The molecular formula is C59H39IN4. The molecule has 302 valence electrons. The van der Waals surface area contributed by atoms with E-state index in [2.05, 4.69) is 238 Å². The molecular weight excluding hydrogens is 892 g/mol. The second-order valence-electron chi connectivity index (χ2n) is 16.2. The molecule has 0 atom stereocenters. The Morgan fingerprint density at radius 3 is 1.75 bits per heavy atom. The van der Waals surface area contributed by atoms with Crippen LogP contribution < -0.4 is 0 Å². The summed E-state index contributed by atoms with van der Waals surface area (Å²) in [7, 11) is 0. The van der Waals surface area contributed by atoms with E-state index in [-0.39, 0.29) is 0 Å². The van der Waals surface area contributed by atoms with Gasteiger partial charge in [-0.15, -0.1) is 0 Å². The fraction of sp³-hybridized carbons (Fsp3) is 0.0169. The van der Waals surface area contributed by atoms with Crippen molar-refractivity contribution in [3.05, 3.63) is 235 Å². The van der Waals surface area contributed by atoms with Gasteiger partial charge < -0.3 is 9.13 Å². The minimum absolute atomic E-state index is 0.657. The molecule has 0 amide bonds. The summed E-state index contributed by atoms with van der Waals surface area (Å²) in [6.07, 6.45) is 2.07. The second-order valence-corrected chi connectivity index (χ2v) is 17.2. The standard InChI is InChI=1S/C59H39IN4/c1-2-49(40-19-5-3-6-20-40)61-59(62-58(60)41-21-7-4-8-22-41)47-32-34-51(46-26-14-13-25-45(46)47)64-53-33-30-39-18-11-12-24-44(39)55(53)57-54(64)36-35-52-56(57)48-27-15-16-28-50(48)63(52)43-31-29-38-17-9-10-23-42(38)37-43/h2-37H,1H3/b49-2+,61-59?,62-58?. The minimum Gasteiger partial charge on any atom is -0.309 e. The summed E-state index contributed by atoms with van der Waals surface area (Å²) in [5.41, 5.74) is 10.8. The fourth-order valence-corrected chi connectivity index (χ4v) is 10.3. The van der Waals surface area contributed by atoms with Crippen LogP contribution in [0.15, 0.2) is 228 Å². The number of benzene rings is 10. The molecule has 5 heteroatoms. The van der Waals surface area contributed by atoms with Crippen LogP contribution in [0.4, 0.5) is 0 Å². The lowest BCUT2D eigenvalue weighted by Gasteiger charge is -2.15. The van der Waals surface area contributed by atoms with Crippen LogP contribution in [0, 0.1) is 0 Å². The van der Waals surface area contributed by atoms with Gasteiger partial charge in [0.25, 0.3) is 0 Å². The van der Waals surface area contributed by atoms with E-state index in [0.717, 1.165) is 59.3 Å². The van der Waals surface area contributed by atoms with Gasteiger partial charge in [0.2, 0.25) is 0 Å². The van der Waals surface area contributed by atoms with Crippen LogP contribution in [0.2, 0.25) is 0 Å². The molecule has 0 unspecified atom stereocenters. The Hall–Kier alpha value is -7.61. The summed E-state index contributed by atoms with van der Waals surface area (Å²) in [6.45, 7) is 2.04. The molecule has 10 aromatic carbocycles. The molecule has 12 aromatic rings. The molecule has 0 aliphatic carbocycles. The monoisotopic (exact) mass is 930 g/mol. The van der Waals surface area contributed by atoms with Gasteiger partial charge >= 0.3 is 0 Å². The molecule has 0 fully saturated rings. The van der Waals surface area contributed by atoms with E-state index in [1.807, 2.05) is 19.1 Å². The minimum atomic E-state index is 0.657. The third-order valence-electron chi connectivity index (χ3n) is 12.6. The average Bonchev–Trinajstić information content (AvgIpc) is 3.88. The molecule has 0 saturated carbocycles. The number of aliphatic imine (C=N–C) groups is 2. The Bertz CT molecular complexity index is 3910. The SMILES string of the molecule is C/C=C(/N=C(N=C(I)c1ccccc1)c1ccc(-n2c3ccc4ccccc4c3c3c4c5ccccc5n(-c5ccc6ccccc6c5)c4ccc32)c2ccccc12)c1ccccc1. The Kier molecular flexibility index (Phi) is 9.30. The van der Waals surface area contributed by atoms with Gasteiger partial charge in [0, 0.05) is 43.7 Å². The summed E-state index contributed by atoms with van der Waals surface area (Å²) in [6, 6.07) is 76.3. The molecule has 0 radical (unpaired) electrons. The fourth-order valence-electron chi connectivity index (χ4n) is 9.75. The number of para-hydroxylation sites is 1. The van der Waals surface area contributed by atoms with E-state index in [1.54, 1.807) is 0 Å². The molecule has 0 spiro atoms. The molecule has 0 N–H and O–H groups in total. The zero-order valence-electron chi connectivity index (χ0n) is 35.0. The van der Waals surface area contributed by atoms with E-state index >= 15 is 0 Å². The Morgan fingerprint density at radius 1 is 0.422 bits per heavy atom. The first-order valence-electron chi connectivity index (χ1n) is 21.6. The van der Waals surface area contributed by atoms with Gasteiger partial charge in [-0.2, -0.15) is 0 Å². The highest BCUT2D eigenvalue weighted by molar-refractivity contribution is 14.1. The van der Waals surface area contributed by atoms with Crippen molar-refractivity contribution in [2.45, 2.75) is 6.92 Å². The molecule has 4 nitrogen and oxygen atoms in total. The molecule has 0 bridgehead atoms. The van der Waals surface area contributed by atoms with Crippen LogP contribution in [0.25, 0.3) is 93.0 Å². The molecule has 2 aromatic heterocycles. The van der Waals surface area contributed by atoms with E-state index in [4.69, 9.17) is 9.98 Å². The summed E-state index contributed by atoms with van der Waals surface area (Å²) >= 11 is 2.35. The Morgan fingerprint density at radius 2 is 0.984 bits per heavy atom. The number of aromatic nitrogens is 2. The number of rotatable bonds is 6. The molecule has 0 saturated heterocycles. The summed E-state index contributed by atoms with van der Waals surface area (Å²) in [5, 5.41) is 12.1. The number of hydrogen-bond acceptors (Lipinski definition) is 1. The number of hydrogen-bond donors (Lipinski definition) is 0. The Labute approximate surface area is 383 Å². The second kappa shape index (κ2) is 15.6. The Balaban J connectivity index is 1.15. The van der Waals surface area contributed by atoms with Crippen molar-refractivity contribution >= 4 is 114 Å². The summed E-state index contributed by atoms with van der Waals surface area (Å²) in [5.74, 6) is 0.657. The maximum Gasteiger partial charge on any atom is 0.161 e. The third-order valence-corrected chi connectivity index (χ3v) is 13.5. The first-order valence-corrected chi connectivity index (χ1v) is 22.7. The predicted octanol–water partition coefficient (Wildman–Crippen LogP) is 16.0. The van der Waals surface area contributed by atoms with Crippen LogP contribution in [-0.4, -0.2) is 18.7 Å². The normalized spacial score (nSPS) is 12.8. The summed E-state index contributed by atoms with van der Waals surface area (Å²) in [4.78, 5) is 10.7. The zero-order chi connectivity index (χ0) is 42.7. The molecule has 12 rings (SSSR count). The number of nitrogens with zero attached hydrogens (tertiary/aromatic N) is 4. The van der Waals surface area contributed by atoms with Gasteiger partial charge in [-0.3, -0.25) is 0 Å². The lowest BCUT2D eigenvalue weighted by Crippen LogP contribution is -2.05. The van der Waals surface area contributed by atoms with Crippen LogP contribution in [0.3, 0.4) is 0 Å². The zero-order valence-corrected chi connectivity index (χ0v) is 37.1. The first kappa shape index (κ1) is 38.1. The van der Waals surface area contributed by atoms with Gasteiger partial charge in [0.05, 0.1) is 33.5 Å². The van der Waals surface area contributed by atoms with Crippen molar-refractivity contribution in [1.82, 2.24) is 9.13 Å². The van der Waals surface area contributed by atoms with Crippen molar-refractivity contribution in [2.24, 2.45) is 9.98 Å². The number of allylic oxidation sites excluding steroid dienone is 1. The third kappa shape index (κ3) is 6.18. The molecule has 2 heterocycles. The highest BCUT2D eigenvalue weighted by Gasteiger charge is 2.24. The average molecular weight is 931 g/mol. The molecule has 0 aliphatic heterocycles. The highest BCUT2D eigenvalue weighted by atomic mass is 127. The quantitative estimate of drug-likeness (QED) is 0.0905. The molecule has 0 aliphatic rings. The van der Waals surface area contributed by atoms with E-state index in [9.17, 15) is 0 Å². The van der Waals surface area contributed by atoms with E-state index in [1.165, 1.54) is 54.1 Å². The smallest absolute Gasteiger partial charge is 0.161 e. The summed E-state index contributed by atoms with van der Waals surface area (Å²) < 4.78 is 5.80. The van der Waals surface area contributed by atoms with E-state index in [0.29, 0.717) is 5.84 Å². The first-order chi connectivity index (χ1) is 31.6. The van der Waals surface area contributed by atoms with Crippen molar-refractivity contribution in [1.29, 1.82) is 0 Å². The van der Waals surface area contributed by atoms with Gasteiger partial charge in [-0.05, 0) is 111 Å². The van der Waals surface area contributed by atoms with Crippen LogP contribution in [0.5, 0.6) is 0 Å². The van der Waals surface area contributed by atoms with Crippen molar-refractivity contribution < 1.29 is 0 Å². The van der Waals surface area contributed by atoms with Gasteiger partial charge in [0.1, 0.15) is 3.72 Å². The lowest BCUT2D eigenvalue weighted by molar-refractivity contribution is 1.18. The topological polar surface area (TPSA) is 34.6 Å². The van der Waals surface area contributed by atoms with Crippen LogP contribution >= 0.6 is 22.6 Å². The van der Waals surface area contributed by atoms with Gasteiger partial charge in [-0.1, -0.05) is 170 Å². The highest BCUT2D eigenvalue weighted by Crippen LogP contribution is 2.45. The number of halogens is 1. The van der Waals surface area contributed by atoms with Gasteiger partial charge in [-0.25, -0.2) is 9.98 Å². The van der Waals surface area contributed by atoms with Gasteiger partial charge in [0.15, 0.2) is 5.84 Å². The number of amidine groups is 1. The van der Waals surface area contributed by atoms with Crippen LogP contribution in [-0.2, 0) is 0 Å². The van der Waals surface area contributed by atoms with Crippen LogP contribution in [0.1, 0.15) is 23.6 Å². The van der Waals surface area contributed by atoms with Crippen molar-refractivity contribution in [2.75, 3.05) is 0 Å². The lowest BCUT2D eigenvalue weighted by atomic mass is 10.0. The maximum atomic E-state index is 5.36. The van der Waals surface area contributed by atoms with E-state index < -0.39 is 0 Å². The van der Waals surface area contributed by atoms with Crippen molar-refractivity contribution in [3.63, 3.8) is 0 Å². The van der Waals surface area contributed by atoms with Crippen molar-refractivity contribution in [3.8, 4) is 11.4 Å². The number of fused-ring (bicyclic) bond motifs is 11. The maximum absolute atomic E-state index is 5.36.